The van der Waals surface area contributed by atoms with Gasteiger partial charge in [0.1, 0.15) is 10.3 Å². The lowest BCUT2D eigenvalue weighted by molar-refractivity contribution is 0.601. The number of halogens is 1. The van der Waals surface area contributed by atoms with Crippen molar-refractivity contribution in [3.8, 4) is 0 Å². The molecule has 0 spiro atoms. The van der Waals surface area contributed by atoms with Gasteiger partial charge < -0.3 is 4.98 Å². The van der Waals surface area contributed by atoms with Crippen LogP contribution in [0.15, 0.2) is 9.27 Å². The fourth-order valence-electron chi connectivity index (χ4n) is 1.80. The van der Waals surface area contributed by atoms with Crippen LogP contribution in [0.2, 0.25) is 0 Å². The number of H-pyrrole nitrogens is 1. The Hall–Kier alpha value is -0.690. The number of hydrogen-bond donors (Lipinski definition) is 1. The van der Waals surface area contributed by atoms with Crippen molar-refractivity contribution in [2.24, 2.45) is 0 Å². The van der Waals surface area contributed by atoms with Gasteiger partial charge >= 0.3 is 0 Å². The molecule has 5 nitrogen and oxygen atoms in total. The van der Waals surface area contributed by atoms with E-state index in [0.717, 1.165) is 0 Å². The molecule has 0 amide bonds. The fraction of sp³-hybridized carbons (Fsp3) is 0.556. The normalized spacial score (nSPS) is 23.5. The zero-order valence-corrected chi connectivity index (χ0v) is 11.1. The molecule has 7 heteroatoms. The Morgan fingerprint density at radius 2 is 2.19 bits per heavy atom. The highest BCUT2D eigenvalue weighted by atomic mass is 79.9. The lowest BCUT2D eigenvalue weighted by Gasteiger charge is -2.08. The van der Waals surface area contributed by atoms with Crippen molar-refractivity contribution in [3.05, 3.63) is 26.3 Å². The third-order valence-corrected chi connectivity index (χ3v) is 5.37. The van der Waals surface area contributed by atoms with Gasteiger partial charge in [0, 0.05) is 5.92 Å². The predicted molar refractivity (Wildman–Crippen MR) is 63.3 cm³/mol. The zero-order chi connectivity index (χ0) is 11.9. The lowest BCUT2D eigenvalue weighted by Crippen LogP contribution is -2.17. The standard InChI is InChI=1S/C9H11BrN2O3S/c1-5-7(10)9(13)12-8(11-5)6-2-3-16(14,15)4-6/h6H,2-4H2,1H3,(H,11,12,13). The molecule has 88 valence electrons. The van der Waals surface area contributed by atoms with Gasteiger partial charge in [-0.3, -0.25) is 4.79 Å². The van der Waals surface area contributed by atoms with E-state index in [1.165, 1.54) is 0 Å². The van der Waals surface area contributed by atoms with Crippen LogP contribution in [0, 0.1) is 6.92 Å². The Balaban J connectivity index is 2.40. The van der Waals surface area contributed by atoms with Crippen molar-refractivity contribution in [1.29, 1.82) is 0 Å². The molecular formula is C9H11BrN2O3S. The molecule has 0 radical (unpaired) electrons. The van der Waals surface area contributed by atoms with Gasteiger partial charge in [0.15, 0.2) is 9.84 Å². The molecule has 1 aliphatic heterocycles. The second kappa shape index (κ2) is 3.96. The van der Waals surface area contributed by atoms with Crippen LogP contribution in [-0.2, 0) is 9.84 Å². The van der Waals surface area contributed by atoms with Gasteiger partial charge in [0.2, 0.25) is 0 Å². The van der Waals surface area contributed by atoms with E-state index < -0.39 is 9.84 Å². The summed E-state index contributed by atoms with van der Waals surface area (Å²) in [5, 5.41) is 0. The summed E-state index contributed by atoms with van der Waals surface area (Å²) < 4.78 is 23.0. The average molecular weight is 307 g/mol. The number of nitrogens with one attached hydrogen (secondary N) is 1. The maximum Gasteiger partial charge on any atom is 0.265 e. The lowest BCUT2D eigenvalue weighted by atomic mass is 10.1. The van der Waals surface area contributed by atoms with E-state index >= 15 is 0 Å². The molecule has 0 saturated carbocycles. The molecule has 16 heavy (non-hydrogen) atoms. The van der Waals surface area contributed by atoms with Crippen LogP contribution >= 0.6 is 15.9 Å². The number of rotatable bonds is 1. The van der Waals surface area contributed by atoms with E-state index in [1.807, 2.05) is 0 Å². The highest BCUT2D eigenvalue weighted by Crippen LogP contribution is 2.26. The van der Waals surface area contributed by atoms with E-state index in [2.05, 4.69) is 25.9 Å². The van der Waals surface area contributed by atoms with E-state index in [0.29, 0.717) is 22.4 Å². The summed E-state index contributed by atoms with van der Waals surface area (Å²) in [6.45, 7) is 1.71. The summed E-state index contributed by atoms with van der Waals surface area (Å²) in [6, 6.07) is 0. The minimum absolute atomic E-state index is 0.0804. The first-order valence-electron chi connectivity index (χ1n) is 4.86. The molecule has 1 atom stereocenters. The van der Waals surface area contributed by atoms with Crippen LogP contribution in [0.1, 0.15) is 23.9 Å². The third kappa shape index (κ3) is 2.20. The number of aromatic amines is 1. The van der Waals surface area contributed by atoms with Crippen LogP contribution in [0.25, 0.3) is 0 Å². The summed E-state index contributed by atoms with van der Waals surface area (Å²) in [5.41, 5.74) is 0.329. The minimum atomic E-state index is -2.95. The molecular weight excluding hydrogens is 296 g/mol. The average Bonchev–Trinajstić information content (AvgIpc) is 2.54. The molecule has 2 rings (SSSR count). The van der Waals surface area contributed by atoms with Gasteiger partial charge in [-0.1, -0.05) is 0 Å². The number of nitrogens with zero attached hydrogens (tertiary/aromatic N) is 1. The van der Waals surface area contributed by atoms with Gasteiger partial charge in [0.25, 0.3) is 5.56 Å². The Kier molecular flexibility index (Phi) is 2.91. The molecule has 0 bridgehead atoms. The van der Waals surface area contributed by atoms with E-state index in [9.17, 15) is 13.2 Å². The smallest absolute Gasteiger partial charge is 0.265 e. The maximum atomic E-state index is 11.5. The first-order valence-corrected chi connectivity index (χ1v) is 7.47. The molecule has 1 aliphatic rings. The van der Waals surface area contributed by atoms with E-state index in [1.54, 1.807) is 6.92 Å². The van der Waals surface area contributed by atoms with Crippen molar-refractivity contribution in [2.45, 2.75) is 19.3 Å². The number of hydrogen-bond acceptors (Lipinski definition) is 4. The van der Waals surface area contributed by atoms with Crippen molar-refractivity contribution in [3.63, 3.8) is 0 Å². The molecule has 1 fully saturated rings. The molecule has 1 N–H and O–H groups in total. The van der Waals surface area contributed by atoms with Crippen LogP contribution in [0.5, 0.6) is 0 Å². The van der Waals surface area contributed by atoms with Crippen molar-refractivity contribution >= 4 is 25.8 Å². The Morgan fingerprint density at radius 3 is 2.69 bits per heavy atom. The van der Waals surface area contributed by atoms with Gasteiger partial charge in [-0.15, -0.1) is 0 Å². The van der Waals surface area contributed by atoms with Crippen LogP contribution < -0.4 is 5.56 Å². The van der Waals surface area contributed by atoms with E-state index in [4.69, 9.17) is 0 Å². The summed E-state index contributed by atoms with van der Waals surface area (Å²) in [4.78, 5) is 18.3. The predicted octanol–water partition coefficient (Wildman–Crippen LogP) is 0.743. The first kappa shape index (κ1) is 11.8. The second-order valence-corrected chi connectivity index (χ2v) is 6.97. The number of sulfone groups is 1. The third-order valence-electron chi connectivity index (χ3n) is 2.67. The molecule has 0 aliphatic carbocycles. The Labute approximate surface area is 101 Å². The maximum absolute atomic E-state index is 11.5. The van der Waals surface area contributed by atoms with Gasteiger partial charge in [-0.25, -0.2) is 13.4 Å². The quantitative estimate of drug-likeness (QED) is 0.830. The first-order chi connectivity index (χ1) is 7.39. The van der Waals surface area contributed by atoms with Crippen molar-refractivity contribution < 1.29 is 8.42 Å². The highest BCUT2D eigenvalue weighted by molar-refractivity contribution is 9.10. The van der Waals surface area contributed by atoms with Crippen LogP contribution in [0.3, 0.4) is 0 Å². The Bertz CT molecular complexity index is 579. The molecule has 1 aromatic heterocycles. The van der Waals surface area contributed by atoms with Crippen LogP contribution in [0.4, 0.5) is 0 Å². The summed E-state index contributed by atoms with van der Waals surface area (Å²) in [5.74, 6) is 0.560. The molecule has 1 unspecified atom stereocenters. The fourth-order valence-corrected chi connectivity index (χ4v) is 3.73. The summed E-state index contributed by atoms with van der Waals surface area (Å²) in [7, 11) is -2.95. The van der Waals surface area contributed by atoms with Gasteiger partial charge in [-0.2, -0.15) is 0 Å². The zero-order valence-electron chi connectivity index (χ0n) is 8.66. The topological polar surface area (TPSA) is 79.9 Å². The second-order valence-electron chi connectivity index (χ2n) is 3.95. The molecule has 1 saturated heterocycles. The monoisotopic (exact) mass is 306 g/mol. The Morgan fingerprint density at radius 1 is 1.50 bits per heavy atom. The SMILES string of the molecule is Cc1nc(C2CCS(=O)(=O)C2)[nH]c(=O)c1Br. The number of aryl methyl sites for hydroxylation is 1. The molecule has 2 heterocycles. The molecule has 0 aromatic carbocycles. The van der Waals surface area contributed by atoms with Crippen molar-refractivity contribution in [1.82, 2.24) is 9.97 Å². The largest absolute Gasteiger partial charge is 0.309 e. The molecule has 1 aromatic rings. The van der Waals surface area contributed by atoms with Gasteiger partial charge in [0.05, 0.1) is 17.2 Å². The summed E-state index contributed by atoms with van der Waals surface area (Å²) in [6.07, 6.45) is 0.534. The van der Waals surface area contributed by atoms with Crippen molar-refractivity contribution in [2.75, 3.05) is 11.5 Å². The van der Waals surface area contributed by atoms with Gasteiger partial charge in [-0.05, 0) is 29.3 Å². The minimum Gasteiger partial charge on any atom is -0.309 e. The van der Waals surface area contributed by atoms with Crippen LogP contribution in [-0.4, -0.2) is 29.9 Å². The van der Waals surface area contributed by atoms with E-state index in [-0.39, 0.29) is 23.0 Å². The highest BCUT2D eigenvalue weighted by Gasteiger charge is 2.30. The summed E-state index contributed by atoms with van der Waals surface area (Å²) >= 11 is 3.12. The number of aromatic nitrogens is 2.